The molecule has 1 atom stereocenters. The second-order valence-corrected chi connectivity index (χ2v) is 5.98. The van der Waals surface area contributed by atoms with Gasteiger partial charge in [-0.25, -0.2) is 0 Å². The molecule has 10 heteroatoms. The minimum Gasteiger partial charge on any atom is -0.374 e. The number of halogens is 6. The van der Waals surface area contributed by atoms with E-state index in [-0.39, 0.29) is 4.47 Å². The lowest BCUT2D eigenvalue weighted by Crippen LogP contribution is -2.55. The molecule has 0 bridgehead atoms. The van der Waals surface area contributed by atoms with Crippen LogP contribution in [0.5, 0.6) is 0 Å². The van der Waals surface area contributed by atoms with Crippen molar-refractivity contribution in [1.29, 1.82) is 0 Å². The standard InChI is InChI=1S/C15H9BrF5NO3/c16-10-5-3-4-9(8-10)13(23,14(17,18)15(19,20)21)11-6-1-2-7-12(11)22(24)25/h1-8,23H. The number of hydrogen-bond donors (Lipinski definition) is 1. The van der Waals surface area contributed by atoms with Gasteiger partial charge in [-0.15, -0.1) is 0 Å². The third-order valence-corrected chi connectivity index (χ3v) is 4.04. The summed E-state index contributed by atoms with van der Waals surface area (Å²) in [4.78, 5) is 9.97. The molecule has 0 fully saturated rings. The van der Waals surface area contributed by atoms with Crippen molar-refractivity contribution >= 4 is 21.6 Å². The molecular formula is C15H9BrF5NO3. The van der Waals surface area contributed by atoms with Gasteiger partial charge in [-0.05, 0) is 23.8 Å². The number of nitrogens with zero attached hydrogens (tertiary/aromatic N) is 1. The van der Waals surface area contributed by atoms with E-state index in [1.807, 2.05) is 0 Å². The number of para-hydroxylation sites is 1. The second-order valence-electron chi connectivity index (χ2n) is 5.07. The molecule has 0 aliphatic heterocycles. The quantitative estimate of drug-likeness (QED) is 0.435. The third-order valence-electron chi connectivity index (χ3n) is 3.54. The van der Waals surface area contributed by atoms with E-state index in [1.165, 1.54) is 6.07 Å². The van der Waals surface area contributed by atoms with Gasteiger partial charge in [0, 0.05) is 10.5 Å². The maximum Gasteiger partial charge on any atom is 0.457 e. The smallest absolute Gasteiger partial charge is 0.374 e. The first kappa shape index (κ1) is 19.3. The topological polar surface area (TPSA) is 63.4 Å². The average Bonchev–Trinajstić information content (AvgIpc) is 2.52. The van der Waals surface area contributed by atoms with Gasteiger partial charge in [0.25, 0.3) is 5.69 Å². The molecule has 4 nitrogen and oxygen atoms in total. The normalized spacial score (nSPS) is 14.8. The monoisotopic (exact) mass is 425 g/mol. The second kappa shape index (κ2) is 6.34. The molecule has 0 aliphatic carbocycles. The van der Waals surface area contributed by atoms with E-state index in [4.69, 9.17) is 0 Å². The lowest BCUT2D eigenvalue weighted by Gasteiger charge is -2.37. The van der Waals surface area contributed by atoms with E-state index in [0.29, 0.717) is 6.07 Å². The molecular weight excluding hydrogens is 417 g/mol. The molecule has 0 saturated heterocycles. The van der Waals surface area contributed by atoms with Crippen molar-refractivity contribution in [2.75, 3.05) is 0 Å². The lowest BCUT2D eigenvalue weighted by atomic mass is 9.79. The Labute approximate surface area is 146 Å². The first-order valence-electron chi connectivity index (χ1n) is 6.59. The first-order valence-corrected chi connectivity index (χ1v) is 7.39. The fraction of sp³-hybridized carbons (Fsp3) is 0.200. The van der Waals surface area contributed by atoms with E-state index < -0.39 is 39.4 Å². The van der Waals surface area contributed by atoms with Crippen LogP contribution in [0.4, 0.5) is 27.6 Å². The van der Waals surface area contributed by atoms with E-state index in [2.05, 4.69) is 15.9 Å². The molecule has 0 radical (unpaired) electrons. The number of hydrogen-bond acceptors (Lipinski definition) is 3. The van der Waals surface area contributed by atoms with Crippen LogP contribution in [0.25, 0.3) is 0 Å². The molecule has 1 N–H and O–H groups in total. The number of alkyl halides is 5. The minimum atomic E-state index is -6.16. The Hall–Kier alpha value is -2.07. The van der Waals surface area contributed by atoms with Crippen LogP contribution in [-0.4, -0.2) is 22.1 Å². The molecule has 0 heterocycles. The Morgan fingerprint density at radius 2 is 1.60 bits per heavy atom. The van der Waals surface area contributed by atoms with Gasteiger partial charge in [-0.2, -0.15) is 22.0 Å². The summed E-state index contributed by atoms with van der Waals surface area (Å²) in [5.74, 6) is -5.70. The van der Waals surface area contributed by atoms with Crippen molar-refractivity contribution < 1.29 is 32.0 Å². The summed E-state index contributed by atoms with van der Waals surface area (Å²) >= 11 is 2.92. The van der Waals surface area contributed by atoms with E-state index in [9.17, 15) is 37.2 Å². The van der Waals surface area contributed by atoms with Crippen molar-refractivity contribution in [2.45, 2.75) is 17.7 Å². The fourth-order valence-electron chi connectivity index (χ4n) is 2.36. The third kappa shape index (κ3) is 3.11. The molecule has 0 spiro atoms. The molecule has 2 aromatic carbocycles. The highest BCUT2D eigenvalue weighted by atomic mass is 79.9. The minimum absolute atomic E-state index is 0.111. The lowest BCUT2D eigenvalue weighted by molar-refractivity contribution is -0.389. The van der Waals surface area contributed by atoms with Gasteiger partial charge in [-0.1, -0.05) is 40.2 Å². The van der Waals surface area contributed by atoms with Crippen molar-refractivity contribution in [3.05, 3.63) is 74.2 Å². The Kier molecular flexibility index (Phi) is 4.88. The molecule has 0 aliphatic rings. The zero-order chi connectivity index (χ0) is 19.0. The summed E-state index contributed by atoms with van der Waals surface area (Å²) in [5.41, 5.74) is -7.08. The number of aliphatic hydroxyl groups is 1. The molecule has 134 valence electrons. The van der Waals surface area contributed by atoms with Gasteiger partial charge in [-0.3, -0.25) is 10.1 Å². The van der Waals surface area contributed by atoms with Crippen LogP contribution in [0, 0.1) is 10.1 Å². The van der Waals surface area contributed by atoms with Crippen LogP contribution in [0.15, 0.2) is 53.0 Å². The van der Waals surface area contributed by atoms with Crippen LogP contribution in [-0.2, 0) is 5.60 Å². The molecule has 0 aromatic heterocycles. The molecule has 25 heavy (non-hydrogen) atoms. The predicted molar refractivity (Wildman–Crippen MR) is 81.2 cm³/mol. The first-order chi connectivity index (χ1) is 11.4. The van der Waals surface area contributed by atoms with Crippen molar-refractivity contribution in [2.24, 2.45) is 0 Å². The summed E-state index contributed by atoms with van der Waals surface area (Å²) in [6.45, 7) is 0. The van der Waals surface area contributed by atoms with Crippen LogP contribution >= 0.6 is 15.9 Å². The zero-order valence-electron chi connectivity index (χ0n) is 12.1. The van der Waals surface area contributed by atoms with Gasteiger partial charge < -0.3 is 5.11 Å². The van der Waals surface area contributed by atoms with E-state index >= 15 is 0 Å². The van der Waals surface area contributed by atoms with Crippen LogP contribution in [0.2, 0.25) is 0 Å². The average molecular weight is 426 g/mol. The maximum absolute atomic E-state index is 14.3. The van der Waals surface area contributed by atoms with Gasteiger partial charge >= 0.3 is 12.1 Å². The summed E-state index contributed by atoms with van der Waals surface area (Å²) in [6, 6.07) is 7.67. The number of nitro benzene ring substituents is 1. The van der Waals surface area contributed by atoms with Gasteiger partial charge in [0.05, 0.1) is 10.5 Å². The number of benzene rings is 2. The van der Waals surface area contributed by atoms with Gasteiger partial charge in [0.15, 0.2) is 5.60 Å². The predicted octanol–water partition coefficient (Wildman–Crippen LogP) is 4.79. The molecule has 2 aromatic rings. The molecule has 2 rings (SSSR count). The maximum atomic E-state index is 14.3. The van der Waals surface area contributed by atoms with Crippen LogP contribution < -0.4 is 0 Å². The Morgan fingerprint density at radius 1 is 1.00 bits per heavy atom. The highest BCUT2D eigenvalue weighted by Gasteiger charge is 2.72. The largest absolute Gasteiger partial charge is 0.457 e. The molecule has 0 saturated carbocycles. The van der Waals surface area contributed by atoms with Gasteiger partial charge in [0.1, 0.15) is 0 Å². The van der Waals surface area contributed by atoms with E-state index in [1.54, 1.807) is 0 Å². The summed E-state index contributed by atoms with van der Waals surface area (Å²) in [7, 11) is 0. The SMILES string of the molecule is O=[N+]([O-])c1ccccc1C(O)(c1cccc(Br)c1)C(F)(F)C(F)(F)F. The van der Waals surface area contributed by atoms with Crippen molar-refractivity contribution in [1.82, 2.24) is 0 Å². The highest BCUT2D eigenvalue weighted by molar-refractivity contribution is 9.10. The Bertz CT molecular complexity index is 812. The van der Waals surface area contributed by atoms with Gasteiger partial charge in [0.2, 0.25) is 0 Å². The zero-order valence-corrected chi connectivity index (χ0v) is 13.7. The van der Waals surface area contributed by atoms with Crippen molar-refractivity contribution in [3.63, 3.8) is 0 Å². The molecule has 0 amide bonds. The summed E-state index contributed by atoms with van der Waals surface area (Å²) in [6.07, 6.45) is -6.16. The fourth-order valence-corrected chi connectivity index (χ4v) is 2.76. The number of nitro groups is 1. The summed E-state index contributed by atoms with van der Waals surface area (Å²) < 4.78 is 67.9. The van der Waals surface area contributed by atoms with E-state index in [0.717, 1.165) is 36.4 Å². The summed E-state index contributed by atoms with van der Waals surface area (Å²) in [5, 5.41) is 21.7. The number of rotatable bonds is 4. The van der Waals surface area contributed by atoms with Crippen LogP contribution in [0.3, 0.4) is 0 Å². The highest BCUT2D eigenvalue weighted by Crippen LogP contribution is 2.53. The van der Waals surface area contributed by atoms with Crippen LogP contribution in [0.1, 0.15) is 11.1 Å². The Balaban J connectivity index is 2.91. The Morgan fingerprint density at radius 3 is 2.12 bits per heavy atom. The molecule has 1 unspecified atom stereocenters. The van der Waals surface area contributed by atoms with Crippen molar-refractivity contribution in [3.8, 4) is 0 Å².